The zero-order valence-electron chi connectivity index (χ0n) is 5.91. The van der Waals surface area contributed by atoms with E-state index in [1.807, 2.05) is 0 Å². The molecule has 0 aromatic heterocycles. The molecular formula is C7H5Cl2NO2. The molecule has 0 saturated heterocycles. The van der Waals surface area contributed by atoms with Gasteiger partial charge in [0.2, 0.25) is 0 Å². The van der Waals surface area contributed by atoms with E-state index >= 15 is 0 Å². The lowest BCUT2D eigenvalue weighted by atomic mass is 10.2. The Labute approximate surface area is 79.1 Å². The predicted octanol–water partition coefficient (Wildman–Crippen LogP) is 2.85. The largest absolute Gasteiger partial charge is 0.311 e. The summed E-state index contributed by atoms with van der Waals surface area (Å²) in [5.74, 6) is 0. The molecule has 12 heavy (non-hydrogen) atoms. The van der Waals surface area contributed by atoms with E-state index in [4.69, 9.17) is 23.2 Å². The van der Waals surface area contributed by atoms with Crippen LogP contribution in [0.15, 0.2) is 24.3 Å². The van der Waals surface area contributed by atoms with Crippen LogP contribution in [0.3, 0.4) is 0 Å². The summed E-state index contributed by atoms with van der Waals surface area (Å²) in [6, 6.07) is 6.29. The lowest BCUT2D eigenvalue weighted by Crippen LogP contribution is -2.02. The van der Waals surface area contributed by atoms with Crippen molar-refractivity contribution in [3.05, 3.63) is 45.0 Å². The molecule has 1 aromatic rings. The Kier molecular flexibility index (Phi) is 2.89. The minimum atomic E-state index is -1.22. The topological polar surface area (TPSA) is 43.1 Å². The van der Waals surface area contributed by atoms with Crippen molar-refractivity contribution in [1.82, 2.24) is 0 Å². The average Bonchev–Trinajstić information content (AvgIpc) is 2.03. The first kappa shape index (κ1) is 9.29. The van der Waals surface area contributed by atoms with Crippen molar-refractivity contribution in [2.45, 2.75) is 5.50 Å². The van der Waals surface area contributed by atoms with E-state index in [0.717, 1.165) is 0 Å². The first-order valence-corrected chi connectivity index (χ1v) is 3.95. The second-order valence-corrected chi connectivity index (χ2v) is 3.03. The molecule has 0 bridgehead atoms. The summed E-state index contributed by atoms with van der Waals surface area (Å²) < 4.78 is 0. The summed E-state index contributed by atoms with van der Waals surface area (Å²) in [5, 5.41) is 10.7. The van der Waals surface area contributed by atoms with E-state index in [2.05, 4.69) is 0 Å². The molecule has 0 aliphatic heterocycles. The Bertz CT molecular complexity index is 303. The Hall–Kier alpha value is -0.800. The Morgan fingerprint density at radius 3 is 2.67 bits per heavy atom. The third kappa shape index (κ3) is 2.09. The van der Waals surface area contributed by atoms with Crippen LogP contribution in [0.4, 0.5) is 0 Å². The van der Waals surface area contributed by atoms with Crippen LogP contribution >= 0.6 is 23.2 Å². The fourth-order valence-corrected chi connectivity index (χ4v) is 1.11. The Morgan fingerprint density at radius 1 is 1.50 bits per heavy atom. The molecule has 0 fully saturated rings. The summed E-state index contributed by atoms with van der Waals surface area (Å²) in [5.41, 5.74) is -0.821. The summed E-state index contributed by atoms with van der Waals surface area (Å²) in [6.45, 7) is 0. The zero-order valence-corrected chi connectivity index (χ0v) is 7.42. The fourth-order valence-electron chi connectivity index (χ4n) is 0.776. The maximum atomic E-state index is 10.2. The zero-order chi connectivity index (χ0) is 9.14. The fraction of sp³-hybridized carbons (Fsp3) is 0.143. The number of halogens is 2. The highest BCUT2D eigenvalue weighted by molar-refractivity contribution is 6.30. The van der Waals surface area contributed by atoms with Crippen LogP contribution in [0.2, 0.25) is 5.02 Å². The van der Waals surface area contributed by atoms with Gasteiger partial charge in [-0.15, -0.1) is 0 Å². The molecule has 0 amide bonds. The van der Waals surface area contributed by atoms with E-state index in [-0.39, 0.29) is 0 Å². The number of hydrogen-bond acceptors (Lipinski definition) is 2. The molecule has 0 radical (unpaired) electrons. The molecular weight excluding hydrogens is 201 g/mol. The van der Waals surface area contributed by atoms with Gasteiger partial charge in [-0.3, -0.25) is 10.1 Å². The normalized spacial score (nSPS) is 12.5. The first-order valence-electron chi connectivity index (χ1n) is 3.14. The van der Waals surface area contributed by atoms with Crippen molar-refractivity contribution in [1.29, 1.82) is 0 Å². The Balaban J connectivity index is 2.95. The quantitative estimate of drug-likeness (QED) is 0.323. The van der Waals surface area contributed by atoms with Crippen molar-refractivity contribution in [3.63, 3.8) is 0 Å². The van der Waals surface area contributed by atoms with Gasteiger partial charge in [0, 0.05) is 15.5 Å². The SMILES string of the molecule is O=[N+]([O-])C(Cl)c1cccc(Cl)c1. The van der Waals surface area contributed by atoms with Crippen LogP contribution in [-0.2, 0) is 0 Å². The van der Waals surface area contributed by atoms with Gasteiger partial charge >= 0.3 is 5.50 Å². The molecule has 0 N–H and O–H groups in total. The lowest BCUT2D eigenvalue weighted by Gasteiger charge is -2.00. The van der Waals surface area contributed by atoms with Crippen molar-refractivity contribution >= 4 is 23.2 Å². The van der Waals surface area contributed by atoms with Gasteiger partial charge in [0.05, 0.1) is 0 Å². The molecule has 64 valence electrons. The highest BCUT2D eigenvalue weighted by atomic mass is 35.5. The molecule has 0 spiro atoms. The molecule has 0 saturated carbocycles. The number of hydrogen-bond donors (Lipinski definition) is 0. The Morgan fingerprint density at radius 2 is 2.17 bits per heavy atom. The second-order valence-electron chi connectivity index (χ2n) is 2.18. The average molecular weight is 206 g/mol. The van der Waals surface area contributed by atoms with Crippen molar-refractivity contribution in [2.75, 3.05) is 0 Å². The number of alkyl halides is 1. The monoisotopic (exact) mass is 205 g/mol. The van der Waals surface area contributed by atoms with Gasteiger partial charge in [-0.1, -0.05) is 23.7 Å². The van der Waals surface area contributed by atoms with Gasteiger partial charge in [0.15, 0.2) is 0 Å². The summed E-state index contributed by atoms with van der Waals surface area (Å²) in [4.78, 5) is 9.67. The van der Waals surface area contributed by atoms with Crippen LogP contribution in [0.1, 0.15) is 11.1 Å². The third-order valence-corrected chi connectivity index (χ3v) is 1.96. The molecule has 0 heterocycles. The van der Waals surface area contributed by atoms with Crippen LogP contribution in [-0.4, -0.2) is 4.92 Å². The lowest BCUT2D eigenvalue weighted by molar-refractivity contribution is -0.503. The van der Waals surface area contributed by atoms with Crippen LogP contribution < -0.4 is 0 Å². The molecule has 0 aliphatic carbocycles. The number of benzene rings is 1. The van der Waals surface area contributed by atoms with E-state index in [1.54, 1.807) is 18.2 Å². The first-order chi connectivity index (χ1) is 5.61. The molecule has 0 aliphatic rings. The maximum absolute atomic E-state index is 10.2. The molecule has 3 nitrogen and oxygen atoms in total. The van der Waals surface area contributed by atoms with E-state index in [9.17, 15) is 10.1 Å². The standard InChI is InChI=1S/C7H5Cl2NO2/c8-6-3-1-2-5(4-6)7(9)10(11)12/h1-4,7H. The predicted molar refractivity (Wildman–Crippen MR) is 47.0 cm³/mol. The molecule has 1 aromatic carbocycles. The summed E-state index contributed by atoms with van der Waals surface area (Å²) >= 11 is 11.1. The smallest absolute Gasteiger partial charge is 0.263 e. The van der Waals surface area contributed by atoms with E-state index in [0.29, 0.717) is 10.6 Å². The maximum Gasteiger partial charge on any atom is 0.311 e. The van der Waals surface area contributed by atoms with E-state index in [1.165, 1.54) is 6.07 Å². The van der Waals surface area contributed by atoms with Crippen LogP contribution in [0, 0.1) is 10.1 Å². The van der Waals surface area contributed by atoms with E-state index < -0.39 is 10.4 Å². The van der Waals surface area contributed by atoms with Gasteiger partial charge in [0.1, 0.15) is 0 Å². The van der Waals surface area contributed by atoms with Gasteiger partial charge < -0.3 is 0 Å². The van der Waals surface area contributed by atoms with Gasteiger partial charge in [0.25, 0.3) is 0 Å². The van der Waals surface area contributed by atoms with Crippen molar-refractivity contribution in [2.24, 2.45) is 0 Å². The summed E-state index contributed by atoms with van der Waals surface area (Å²) in [6.07, 6.45) is 0. The van der Waals surface area contributed by atoms with Gasteiger partial charge in [-0.05, 0) is 23.7 Å². The number of nitro groups is 1. The third-order valence-electron chi connectivity index (χ3n) is 1.31. The summed E-state index contributed by atoms with van der Waals surface area (Å²) in [7, 11) is 0. The van der Waals surface area contributed by atoms with Crippen molar-refractivity contribution < 1.29 is 4.92 Å². The molecule has 1 unspecified atom stereocenters. The van der Waals surface area contributed by atoms with Crippen LogP contribution in [0.25, 0.3) is 0 Å². The molecule has 5 heteroatoms. The second kappa shape index (κ2) is 3.74. The highest BCUT2D eigenvalue weighted by Gasteiger charge is 2.18. The molecule has 1 atom stereocenters. The van der Waals surface area contributed by atoms with Crippen molar-refractivity contribution in [3.8, 4) is 0 Å². The number of rotatable bonds is 2. The van der Waals surface area contributed by atoms with Gasteiger partial charge in [-0.2, -0.15) is 0 Å². The minimum absolute atomic E-state index is 0.397. The van der Waals surface area contributed by atoms with Crippen LogP contribution in [0.5, 0.6) is 0 Å². The number of nitrogens with zero attached hydrogens (tertiary/aromatic N) is 1. The highest BCUT2D eigenvalue weighted by Crippen LogP contribution is 2.23. The minimum Gasteiger partial charge on any atom is -0.263 e. The molecule has 1 rings (SSSR count). The van der Waals surface area contributed by atoms with Gasteiger partial charge in [-0.25, -0.2) is 0 Å².